The van der Waals surface area contributed by atoms with Crippen molar-refractivity contribution in [1.29, 1.82) is 0 Å². The molecule has 2 atom stereocenters. The molecule has 1 aromatic rings. The summed E-state index contributed by atoms with van der Waals surface area (Å²) in [5, 5.41) is 6.00. The molecule has 1 aliphatic rings. The minimum atomic E-state index is -0.106. The molecule has 0 aromatic heterocycles. The quantitative estimate of drug-likeness (QED) is 0.886. The number of amides is 1. The van der Waals surface area contributed by atoms with Crippen molar-refractivity contribution in [1.82, 2.24) is 10.6 Å². The average molecular weight is 276 g/mol. The third-order valence-electron chi connectivity index (χ3n) is 4.32. The zero-order valence-corrected chi connectivity index (χ0v) is 12.7. The molecule has 1 amide bonds. The van der Waals surface area contributed by atoms with Crippen LogP contribution in [0, 0.1) is 13.8 Å². The summed E-state index contributed by atoms with van der Waals surface area (Å²) < 4.78 is 5.61. The number of hydrogen-bond acceptors (Lipinski definition) is 3. The molecule has 2 unspecified atom stereocenters. The van der Waals surface area contributed by atoms with E-state index in [0.29, 0.717) is 5.92 Å². The summed E-state index contributed by atoms with van der Waals surface area (Å²) in [5.41, 5.74) is 3.66. The molecule has 1 saturated heterocycles. The van der Waals surface area contributed by atoms with Crippen molar-refractivity contribution in [3.8, 4) is 5.75 Å². The Bertz CT molecular complexity index is 499. The summed E-state index contributed by atoms with van der Waals surface area (Å²) in [4.78, 5) is 11.8. The van der Waals surface area contributed by atoms with Crippen molar-refractivity contribution in [2.45, 2.75) is 38.6 Å². The van der Waals surface area contributed by atoms with E-state index < -0.39 is 0 Å². The fourth-order valence-corrected chi connectivity index (χ4v) is 2.98. The molecule has 1 heterocycles. The Kier molecular flexibility index (Phi) is 4.65. The Morgan fingerprint density at radius 1 is 1.40 bits per heavy atom. The first kappa shape index (κ1) is 14.9. The van der Waals surface area contributed by atoms with E-state index in [9.17, 15) is 4.79 Å². The van der Waals surface area contributed by atoms with E-state index in [0.717, 1.165) is 25.1 Å². The molecule has 2 N–H and O–H groups in total. The van der Waals surface area contributed by atoms with Gasteiger partial charge in [0.05, 0.1) is 13.2 Å². The maximum absolute atomic E-state index is 11.8. The number of carbonyl (C=O) groups excluding carboxylic acids is 1. The molecular formula is C16H24N2O2. The van der Waals surface area contributed by atoms with Crippen LogP contribution in [0.3, 0.4) is 0 Å². The number of hydrogen-bond donors (Lipinski definition) is 2. The monoisotopic (exact) mass is 276 g/mol. The number of methoxy groups -OCH3 is 1. The Hall–Kier alpha value is -1.55. The van der Waals surface area contributed by atoms with Gasteiger partial charge in [-0.05, 0) is 55.8 Å². The van der Waals surface area contributed by atoms with Gasteiger partial charge in [-0.15, -0.1) is 0 Å². The molecule has 110 valence electrons. The van der Waals surface area contributed by atoms with Crippen LogP contribution < -0.4 is 15.4 Å². The normalized spacial score (nSPS) is 22.4. The van der Waals surface area contributed by atoms with Crippen LogP contribution in [0.25, 0.3) is 0 Å². The lowest BCUT2D eigenvalue weighted by Crippen LogP contribution is -2.47. The number of piperidine rings is 1. The van der Waals surface area contributed by atoms with Gasteiger partial charge in [0.15, 0.2) is 0 Å². The molecule has 4 nitrogen and oxygen atoms in total. The van der Waals surface area contributed by atoms with Gasteiger partial charge in [-0.3, -0.25) is 4.79 Å². The van der Waals surface area contributed by atoms with E-state index >= 15 is 0 Å². The van der Waals surface area contributed by atoms with Crippen LogP contribution in [0.2, 0.25) is 0 Å². The zero-order valence-electron chi connectivity index (χ0n) is 12.7. The Balaban J connectivity index is 2.27. The fourth-order valence-electron chi connectivity index (χ4n) is 2.98. The number of benzene rings is 1. The molecule has 1 aromatic carbocycles. The first-order valence-electron chi connectivity index (χ1n) is 7.17. The van der Waals surface area contributed by atoms with Crippen molar-refractivity contribution in [2.24, 2.45) is 0 Å². The molecule has 0 bridgehead atoms. The van der Waals surface area contributed by atoms with Crippen LogP contribution in [0.4, 0.5) is 0 Å². The summed E-state index contributed by atoms with van der Waals surface area (Å²) in [6.45, 7) is 5.05. The maximum Gasteiger partial charge on any atom is 0.236 e. The van der Waals surface area contributed by atoms with E-state index in [1.807, 2.05) is 0 Å². The number of likely N-dealkylation sites (N-methyl/N-ethyl adjacent to an activating group) is 1. The van der Waals surface area contributed by atoms with Crippen LogP contribution in [0.15, 0.2) is 12.1 Å². The van der Waals surface area contributed by atoms with E-state index in [1.54, 1.807) is 14.2 Å². The van der Waals surface area contributed by atoms with E-state index in [4.69, 9.17) is 4.74 Å². The molecule has 20 heavy (non-hydrogen) atoms. The van der Waals surface area contributed by atoms with Crippen molar-refractivity contribution >= 4 is 5.91 Å². The standard InChI is InChI=1S/C16H24N2O2/c1-10-5-6-13(15(20-4)11(10)2)12-7-8-18-14(9-12)16(19)17-3/h5-6,12,14,18H,7-9H2,1-4H3,(H,17,19). The fraction of sp³-hybridized carbons (Fsp3) is 0.562. The topological polar surface area (TPSA) is 50.4 Å². The van der Waals surface area contributed by atoms with Gasteiger partial charge in [-0.2, -0.15) is 0 Å². The molecule has 1 fully saturated rings. The van der Waals surface area contributed by atoms with E-state index in [2.05, 4.69) is 36.6 Å². The van der Waals surface area contributed by atoms with E-state index in [1.165, 1.54) is 16.7 Å². The summed E-state index contributed by atoms with van der Waals surface area (Å²) in [6.07, 6.45) is 1.85. The maximum atomic E-state index is 11.8. The third kappa shape index (κ3) is 2.80. The van der Waals surface area contributed by atoms with Crippen molar-refractivity contribution in [2.75, 3.05) is 20.7 Å². The second kappa shape index (κ2) is 6.27. The van der Waals surface area contributed by atoms with Crippen molar-refractivity contribution in [3.05, 3.63) is 28.8 Å². The van der Waals surface area contributed by atoms with Crippen molar-refractivity contribution < 1.29 is 9.53 Å². The van der Waals surface area contributed by atoms with Gasteiger partial charge in [0.1, 0.15) is 5.75 Å². The summed E-state index contributed by atoms with van der Waals surface area (Å²) >= 11 is 0. The number of aryl methyl sites for hydroxylation is 1. The largest absolute Gasteiger partial charge is 0.496 e. The average Bonchev–Trinajstić information content (AvgIpc) is 2.49. The molecule has 4 heteroatoms. The smallest absolute Gasteiger partial charge is 0.236 e. The first-order valence-corrected chi connectivity index (χ1v) is 7.17. The van der Waals surface area contributed by atoms with Gasteiger partial charge in [0.25, 0.3) is 0 Å². The molecule has 0 saturated carbocycles. The minimum absolute atomic E-state index is 0.0671. The van der Waals surface area contributed by atoms with Crippen LogP contribution in [-0.2, 0) is 4.79 Å². The summed E-state index contributed by atoms with van der Waals surface area (Å²) in [7, 11) is 3.41. The lowest BCUT2D eigenvalue weighted by atomic mass is 9.84. The molecule has 0 spiro atoms. The summed E-state index contributed by atoms with van der Waals surface area (Å²) in [6, 6.07) is 4.19. The zero-order chi connectivity index (χ0) is 14.7. The number of carbonyl (C=O) groups is 1. The summed E-state index contributed by atoms with van der Waals surface area (Å²) in [5.74, 6) is 1.41. The number of rotatable bonds is 3. The van der Waals surface area contributed by atoms with Gasteiger partial charge in [0, 0.05) is 7.05 Å². The SMILES string of the molecule is CNC(=O)C1CC(c2ccc(C)c(C)c2OC)CCN1. The van der Waals surface area contributed by atoms with Gasteiger partial charge < -0.3 is 15.4 Å². The second-order valence-electron chi connectivity index (χ2n) is 5.47. The van der Waals surface area contributed by atoms with Gasteiger partial charge in [0.2, 0.25) is 5.91 Å². The number of ether oxygens (including phenoxy) is 1. The third-order valence-corrected chi connectivity index (χ3v) is 4.32. The Labute approximate surface area is 120 Å². The molecule has 2 rings (SSSR count). The Morgan fingerprint density at radius 3 is 2.80 bits per heavy atom. The second-order valence-corrected chi connectivity index (χ2v) is 5.47. The van der Waals surface area contributed by atoms with Crippen LogP contribution in [0.5, 0.6) is 5.75 Å². The predicted molar refractivity (Wildman–Crippen MR) is 80.3 cm³/mol. The van der Waals surface area contributed by atoms with Crippen LogP contribution in [-0.4, -0.2) is 32.7 Å². The first-order chi connectivity index (χ1) is 9.58. The lowest BCUT2D eigenvalue weighted by Gasteiger charge is -2.31. The molecule has 0 aliphatic carbocycles. The highest BCUT2D eigenvalue weighted by molar-refractivity contribution is 5.81. The van der Waals surface area contributed by atoms with Gasteiger partial charge >= 0.3 is 0 Å². The molecule has 0 radical (unpaired) electrons. The molecular weight excluding hydrogens is 252 g/mol. The predicted octanol–water partition coefficient (Wildman–Crippen LogP) is 1.89. The highest BCUT2D eigenvalue weighted by Gasteiger charge is 2.29. The highest BCUT2D eigenvalue weighted by atomic mass is 16.5. The van der Waals surface area contributed by atoms with Crippen molar-refractivity contribution in [3.63, 3.8) is 0 Å². The number of nitrogens with one attached hydrogen (secondary N) is 2. The van der Waals surface area contributed by atoms with Crippen LogP contribution in [0.1, 0.15) is 35.4 Å². The Morgan fingerprint density at radius 2 is 2.15 bits per heavy atom. The van der Waals surface area contributed by atoms with Gasteiger partial charge in [-0.25, -0.2) is 0 Å². The van der Waals surface area contributed by atoms with Gasteiger partial charge in [-0.1, -0.05) is 12.1 Å². The van der Waals surface area contributed by atoms with Crippen LogP contribution >= 0.6 is 0 Å². The highest BCUT2D eigenvalue weighted by Crippen LogP contribution is 2.37. The molecule has 1 aliphatic heterocycles. The minimum Gasteiger partial charge on any atom is -0.496 e. The lowest BCUT2D eigenvalue weighted by molar-refractivity contribution is -0.123. The van der Waals surface area contributed by atoms with E-state index in [-0.39, 0.29) is 11.9 Å².